The van der Waals surface area contributed by atoms with E-state index in [9.17, 15) is 5.11 Å². The van der Waals surface area contributed by atoms with Crippen molar-refractivity contribution in [1.82, 2.24) is 19.8 Å². The molecule has 1 saturated heterocycles. The molecule has 1 aliphatic rings. The molecule has 0 radical (unpaired) electrons. The Kier molecular flexibility index (Phi) is 7.66. The van der Waals surface area contributed by atoms with Gasteiger partial charge in [0, 0.05) is 44.5 Å². The summed E-state index contributed by atoms with van der Waals surface area (Å²) in [5.74, 6) is 1.24. The van der Waals surface area contributed by atoms with Crippen LogP contribution < -0.4 is 14.8 Å². The summed E-state index contributed by atoms with van der Waals surface area (Å²) >= 11 is 3.28. The van der Waals surface area contributed by atoms with E-state index in [4.69, 9.17) is 15.9 Å². The van der Waals surface area contributed by atoms with Crippen LogP contribution in [0.2, 0.25) is 0 Å². The van der Waals surface area contributed by atoms with Crippen LogP contribution in [0.3, 0.4) is 0 Å². The van der Waals surface area contributed by atoms with Gasteiger partial charge in [0.1, 0.15) is 24.6 Å². The average Bonchev–Trinajstić information content (AvgIpc) is 2.71. The van der Waals surface area contributed by atoms with Crippen molar-refractivity contribution in [2.75, 3.05) is 51.7 Å². The van der Waals surface area contributed by atoms with Gasteiger partial charge in [0.25, 0.3) is 0 Å². The van der Waals surface area contributed by atoms with Crippen LogP contribution >= 0.6 is 15.9 Å². The normalized spacial score (nSPS) is 16.1. The third-order valence-corrected chi connectivity index (χ3v) is 5.01. The Morgan fingerprint density at radius 1 is 1.34 bits per heavy atom. The zero-order valence-corrected chi connectivity index (χ0v) is 17.8. The van der Waals surface area contributed by atoms with Crippen molar-refractivity contribution >= 4 is 27.6 Å². The van der Waals surface area contributed by atoms with Crippen molar-refractivity contribution in [3.05, 3.63) is 34.9 Å². The molecular weight excluding hydrogens is 438 g/mol. The summed E-state index contributed by atoms with van der Waals surface area (Å²) in [5.41, 5.74) is 0.741. The van der Waals surface area contributed by atoms with Gasteiger partial charge in [-0.25, -0.2) is 4.98 Å². The van der Waals surface area contributed by atoms with Gasteiger partial charge in [0.15, 0.2) is 0 Å². The Bertz CT molecular complexity index is 852. The maximum atomic E-state index is 10.3. The van der Waals surface area contributed by atoms with E-state index in [1.807, 2.05) is 24.3 Å². The minimum absolute atomic E-state index is 0.227. The first-order chi connectivity index (χ1) is 14.0. The van der Waals surface area contributed by atoms with Crippen LogP contribution in [0.1, 0.15) is 0 Å². The summed E-state index contributed by atoms with van der Waals surface area (Å²) in [7, 11) is 2.11. The molecule has 0 unspecified atom stereocenters. The van der Waals surface area contributed by atoms with Crippen LogP contribution in [-0.4, -0.2) is 77.4 Å². The number of aliphatic hydroxyl groups is 1. The molecule has 154 valence electrons. The summed E-state index contributed by atoms with van der Waals surface area (Å²) in [4.78, 5) is 12.9. The van der Waals surface area contributed by atoms with E-state index >= 15 is 0 Å². The number of rotatable bonds is 8. The summed E-state index contributed by atoms with van der Waals surface area (Å²) < 4.78 is 11.3. The number of aromatic nitrogens is 2. The number of benzene rings is 1. The van der Waals surface area contributed by atoms with Crippen molar-refractivity contribution in [2.24, 2.45) is 0 Å². The highest BCUT2D eigenvalue weighted by Gasteiger charge is 2.17. The highest BCUT2D eigenvalue weighted by Crippen LogP contribution is 2.25. The van der Waals surface area contributed by atoms with Gasteiger partial charge in [-0.1, -0.05) is 12.5 Å². The van der Waals surface area contributed by atoms with Gasteiger partial charge in [-0.3, -0.25) is 4.90 Å². The molecule has 29 heavy (non-hydrogen) atoms. The molecule has 0 amide bonds. The number of hydrogen-bond acceptors (Lipinski definition) is 8. The SMILES string of the molecule is C#COc1nc(Nc2cccc(OC[C@H](O)CN3CCN(C)CC3)c2)ncc1Br. The molecule has 8 nitrogen and oxygen atoms in total. The summed E-state index contributed by atoms with van der Waals surface area (Å²) in [6, 6.07) is 7.36. The van der Waals surface area contributed by atoms with Gasteiger partial charge in [0.2, 0.25) is 11.8 Å². The predicted octanol–water partition coefficient (Wildman–Crippen LogP) is 1.94. The number of anilines is 2. The summed E-state index contributed by atoms with van der Waals surface area (Å²) in [6.45, 7) is 4.80. The number of aliphatic hydroxyl groups excluding tert-OH is 1. The van der Waals surface area contributed by atoms with Crippen molar-refractivity contribution in [3.8, 4) is 24.2 Å². The maximum Gasteiger partial charge on any atom is 0.249 e. The minimum Gasteiger partial charge on any atom is -0.491 e. The average molecular weight is 462 g/mol. The second-order valence-corrected chi connectivity index (χ2v) is 7.64. The van der Waals surface area contributed by atoms with Crippen molar-refractivity contribution in [3.63, 3.8) is 0 Å². The van der Waals surface area contributed by atoms with E-state index in [0.717, 1.165) is 31.9 Å². The van der Waals surface area contributed by atoms with E-state index < -0.39 is 6.10 Å². The molecule has 0 aliphatic carbocycles. The first-order valence-electron chi connectivity index (χ1n) is 9.27. The Balaban J connectivity index is 1.53. The van der Waals surface area contributed by atoms with E-state index in [2.05, 4.69) is 54.2 Å². The Hall–Kier alpha value is -2.38. The van der Waals surface area contributed by atoms with Crippen LogP contribution in [0, 0.1) is 12.5 Å². The molecular formula is C20H24BrN5O3. The van der Waals surface area contributed by atoms with Crippen molar-refractivity contribution < 1.29 is 14.6 Å². The fourth-order valence-electron chi connectivity index (χ4n) is 2.91. The molecule has 9 heteroatoms. The molecule has 1 aromatic heterocycles. The first kappa shape index (κ1) is 21.3. The fraction of sp³-hybridized carbons (Fsp3) is 0.400. The minimum atomic E-state index is -0.548. The number of piperazine rings is 1. The lowest BCUT2D eigenvalue weighted by Gasteiger charge is -2.33. The number of ether oxygens (including phenoxy) is 2. The molecule has 0 saturated carbocycles. The second-order valence-electron chi connectivity index (χ2n) is 6.79. The van der Waals surface area contributed by atoms with Crippen LogP contribution in [0.5, 0.6) is 11.6 Å². The number of terminal acetylenes is 1. The van der Waals surface area contributed by atoms with Gasteiger partial charge in [0.05, 0.1) is 10.7 Å². The van der Waals surface area contributed by atoms with Crippen LogP contribution in [0.15, 0.2) is 34.9 Å². The highest BCUT2D eigenvalue weighted by atomic mass is 79.9. The van der Waals surface area contributed by atoms with E-state index in [1.165, 1.54) is 0 Å². The van der Waals surface area contributed by atoms with Crippen LogP contribution in [0.25, 0.3) is 0 Å². The molecule has 2 aromatic rings. The van der Waals surface area contributed by atoms with Crippen LogP contribution in [-0.2, 0) is 0 Å². The van der Waals surface area contributed by atoms with Crippen molar-refractivity contribution in [1.29, 1.82) is 0 Å². The van der Waals surface area contributed by atoms with Gasteiger partial charge < -0.3 is 24.8 Å². The zero-order valence-electron chi connectivity index (χ0n) is 16.2. The standard InChI is InChI=1S/C20H24BrN5O3/c1-3-28-19-18(21)12-22-20(24-19)23-15-5-4-6-17(11-15)29-14-16(27)13-26-9-7-25(2)8-10-26/h1,4-6,11-12,16,27H,7-10,13-14H2,2H3,(H,22,23,24)/t16-/m1/s1. The number of likely N-dealkylation sites (N-methyl/N-ethyl adjacent to an activating group) is 1. The number of hydrogen-bond donors (Lipinski definition) is 2. The lowest BCUT2D eigenvalue weighted by atomic mass is 10.2. The largest absolute Gasteiger partial charge is 0.491 e. The molecule has 0 bridgehead atoms. The predicted molar refractivity (Wildman–Crippen MR) is 114 cm³/mol. The van der Waals surface area contributed by atoms with Gasteiger partial charge in [-0.2, -0.15) is 4.98 Å². The fourth-order valence-corrected chi connectivity index (χ4v) is 3.18. The van der Waals surface area contributed by atoms with Crippen LogP contribution in [0.4, 0.5) is 11.6 Å². The number of nitrogens with one attached hydrogen (secondary N) is 1. The Labute approximate surface area is 179 Å². The smallest absolute Gasteiger partial charge is 0.249 e. The molecule has 0 spiro atoms. The van der Waals surface area contributed by atoms with Gasteiger partial charge in [-0.05, 0) is 35.1 Å². The Morgan fingerprint density at radius 2 is 2.14 bits per heavy atom. The molecule has 1 atom stereocenters. The topological polar surface area (TPSA) is 83.0 Å². The molecule has 1 aliphatic heterocycles. The molecule has 3 rings (SSSR count). The van der Waals surface area contributed by atoms with E-state index in [1.54, 1.807) is 6.20 Å². The molecule has 2 N–H and O–H groups in total. The summed E-state index contributed by atoms with van der Waals surface area (Å²) in [5, 5.41) is 13.4. The number of β-amino-alcohol motifs (C(OH)–C–C–N with tert-alkyl or cyclic N) is 1. The quantitative estimate of drug-likeness (QED) is 0.577. The lowest BCUT2D eigenvalue weighted by molar-refractivity contribution is 0.0505. The maximum absolute atomic E-state index is 10.3. The van der Waals surface area contributed by atoms with Crippen molar-refractivity contribution in [2.45, 2.75) is 6.10 Å². The number of halogens is 1. The highest BCUT2D eigenvalue weighted by molar-refractivity contribution is 9.10. The zero-order chi connectivity index (χ0) is 20.6. The first-order valence-corrected chi connectivity index (χ1v) is 10.1. The van der Waals surface area contributed by atoms with E-state index in [-0.39, 0.29) is 12.5 Å². The Morgan fingerprint density at radius 3 is 2.90 bits per heavy atom. The number of nitrogens with zero attached hydrogens (tertiary/aromatic N) is 4. The van der Waals surface area contributed by atoms with Gasteiger partial charge in [-0.15, -0.1) is 0 Å². The summed E-state index contributed by atoms with van der Waals surface area (Å²) in [6.07, 6.45) is 8.25. The second kappa shape index (κ2) is 10.4. The molecule has 1 aromatic carbocycles. The molecule has 2 heterocycles. The lowest BCUT2D eigenvalue weighted by Crippen LogP contribution is -2.47. The molecule has 1 fully saturated rings. The van der Waals surface area contributed by atoms with E-state index in [0.29, 0.717) is 22.7 Å². The third kappa shape index (κ3) is 6.58. The third-order valence-electron chi connectivity index (χ3n) is 4.46. The van der Waals surface area contributed by atoms with Gasteiger partial charge >= 0.3 is 0 Å². The monoisotopic (exact) mass is 461 g/mol.